The largest absolute Gasteiger partial charge is 0.486 e. The van der Waals surface area contributed by atoms with E-state index in [1.807, 2.05) is 18.3 Å². The quantitative estimate of drug-likeness (QED) is 0.755. The Morgan fingerprint density at radius 1 is 1.12 bits per heavy atom. The predicted octanol–water partition coefficient (Wildman–Crippen LogP) is 2.52. The molecule has 4 nitrogen and oxygen atoms in total. The third kappa shape index (κ3) is 1.69. The number of hydrogen-bond donors (Lipinski definition) is 0. The molecule has 88 valence electrons. The molecule has 2 heterocycles. The first-order chi connectivity index (χ1) is 8.25. The summed E-state index contributed by atoms with van der Waals surface area (Å²) in [6, 6.07) is 3.91. The molecule has 0 atom stereocenters. The molecular formula is C13H14N2O2. The molecule has 0 amide bonds. The van der Waals surface area contributed by atoms with Crippen molar-refractivity contribution in [3.05, 3.63) is 23.9 Å². The van der Waals surface area contributed by atoms with Crippen molar-refractivity contribution in [2.24, 2.45) is 0 Å². The molecule has 0 bridgehead atoms. The summed E-state index contributed by atoms with van der Waals surface area (Å²) in [6.45, 7) is 5.49. The van der Waals surface area contributed by atoms with Gasteiger partial charge in [-0.05, 0) is 17.5 Å². The van der Waals surface area contributed by atoms with Crippen LogP contribution < -0.4 is 9.47 Å². The van der Waals surface area contributed by atoms with E-state index < -0.39 is 0 Å². The maximum atomic E-state index is 5.59. The van der Waals surface area contributed by atoms with E-state index in [1.54, 1.807) is 0 Å². The Balaban J connectivity index is 2.26. The van der Waals surface area contributed by atoms with Gasteiger partial charge in [-0.3, -0.25) is 0 Å². The van der Waals surface area contributed by atoms with Crippen LogP contribution in [0.5, 0.6) is 11.5 Å². The lowest BCUT2D eigenvalue weighted by Gasteiger charge is -2.19. The van der Waals surface area contributed by atoms with Gasteiger partial charge in [-0.25, -0.2) is 0 Å². The van der Waals surface area contributed by atoms with Gasteiger partial charge in [0.05, 0.1) is 11.7 Å². The molecule has 0 radical (unpaired) electrons. The lowest BCUT2D eigenvalue weighted by molar-refractivity contribution is 0.172. The number of hydrogen-bond acceptors (Lipinski definition) is 4. The molecule has 1 aromatic heterocycles. The van der Waals surface area contributed by atoms with Crippen molar-refractivity contribution in [3.63, 3.8) is 0 Å². The van der Waals surface area contributed by atoms with Gasteiger partial charge < -0.3 is 9.47 Å². The first-order valence-corrected chi connectivity index (χ1v) is 5.80. The first kappa shape index (κ1) is 10.3. The van der Waals surface area contributed by atoms with Crippen molar-refractivity contribution >= 4 is 10.9 Å². The van der Waals surface area contributed by atoms with Gasteiger partial charge in [-0.15, -0.1) is 0 Å². The van der Waals surface area contributed by atoms with Gasteiger partial charge in [-0.1, -0.05) is 13.8 Å². The molecule has 0 aliphatic carbocycles. The maximum absolute atomic E-state index is 5.59. The van der Waals surface area contributed by atoms with Crippen LogP contribution in [0.25, 0.3) is 10.9 Å². The minimum atomic E-state index is 0.413. The molecule has 2 aromatic rings. The summed E-state index contributed by atoms with van der Waals surface area (Å²) in [4.78, 5) is 0. The highest BCUT2D eigenvalue weighted by atomic mass is 16.6. The second-order valence-corrected chi connectivity index (χ2v) is 4.47. The van der Waals surface area contributed by atoms with Crippen LogP contribution in [-0.2, 0) is 0 Å². The molecule has 0 spiro atoms. The molecule has 1 aliphatic heterocycles. The number of rotatable bonds is 1. The van der Waals surface area contributed by atoms with E-state index >= 15 is 0 Å². The van der Waals surface area contributed by atoms with E-state index in [0.29, 0.717) is 19.1 Å². The normalized spacial score (nSPS) is 14.3. The minimum absolute atomic E-state index is 0.413. The molecule has 17 heavy (non-hydrogen) atoms. The van der Waals surface area contributed by atoms with E-state index in [9.17, 15) is 0 Å². The Bertz CT molecular complexity index is 567. The summed E-state index contributed by atoms with van der Waals surface area (Å²) in [6.07, 6.45) is 1.82. The summed E-state index contributed by atoms with van der Waals surface area (Å²) < 4.78 is 11.1. The average molecular weight is 230 g/mol. The van der Waals surface area contributed by atoms with Crippen LogP contribution in [0.4, 0.5) is 0 Å². The van der Waals surface area contributed by atoms with E-state index in [1.165, 1.54) is 5.56 Å². The predicted molar refractivity (Wildman–Crippen MR) is 64.6 cm³/mol. The Hall–Kier alpha value is -1.84. The van der Waals surface area contributed by atoms with Gasteiger partial charge in [0.15, 0.2) is 11.5 Å². The summed E-state index contributed by atoms with van der Waals surface area (Å²) in [5.41, 5.74) is 2.05. The molecule has 0 unspecified atom stereocenters. The van der Waals surface area contributed by atoms with Crippen molar-refractivity contribution < 1.29 is 9.47 Å². The van der Waals surface area contributed by atoms with Gasteiger partial charge in [0, 0.05) is 11.5 Å². The monoisotopic (exact) mass is 230 g/mol. The third-order valence-corrected chi connectivity index (χ3v) is 2.96. The third-order valence-electron chi connectivity index (χ3n) is 2.96. The fourth-order valence-electron chi connectivity index (χ4n) is 2.07. The smallest absolute Gasteiger partial charge is 0.163 e. The van der Waals surface area contributed by atoms with Crippen molar-refractivity contribution in [1.29, 1.82) is 0 Å². The van der Waals surface area contributed by atoms with Crippen LogP contribution in [0.3, 0.4) is 0 Å². The van der Waals surface area contributed by atoms with Crippen LogP contribution in [0.2, 0.25) is 0 Å². The van der Waals surface area contributed by atoms with E-state index in [2.05, 4.69) is 24.0 Å². The summed E-state index contributed by atoms with van der Waals surface area (Å²) in [5.74, 6) is 1.98. The number of nitrogens with zero attached hydrogens (tertiary/aromatic N) is 2. The van der Waals surface area contributed by atoms with Crippen molar-refractivity contribution in [3.8, 4) is 11.5 Å². The Morgan fingerprint density at radius 2 is 1.82 bits per heavy atom. The zero-order valence-electron chi connectivity index (χ0n) is 9.93. The topological polar surface area (TPSA) is 44.2 Å². The lowest BCUT2D eigenvalue weighted by Crippen LogP contribution is -2.15. The van der Waals surface area contributed by atoms with E-state index in [-0.39, 0.29) is 0 Å². The number of aromatic nitrogens is 2. The van der Waals surface area contributed by atoms with Gasteiger partial charge in [0.1, 0.15) is 13.2 Å². The Kier molecular flexibility index (Phi) is 2.35. The number of ether oxygens (including phenoxy) is 2. The van der Waals surface area contributed by atoms with Crippen LogP contribution >= 0.6 is 0 Å². The second kappa shape index (κ2) is 3.87. The molecule has 3 rings (SSSR count). The SMILES string of the molecule is CC(C)c1cnnc2cc3c(cc12)OCCO3. The van der Waals surface area contributed by atoms with Gasteiger partial charge >= 0.3 is 0 Å². The molecule has 0 saturated carbocycles. The molecular weight excluding hydrogens is 216 g/mol. The van der Waals surface area contributed by atoms with Crippen LogP contribution in [0.1, 0.15) is 25.3 Å². The van der Waals surface area contributed by atoms with Crippen LogP contribution in [0, 0.1) is 0 Å². The molecule has 0 N–H and O–H groups in total. The van der Waals surface area contributed by atoms with Crippen molar-refractivity contribution in [2.45, 2.75) is 19.8 Å². The summed E-state index contributed by atoms with van der Waals surface area (Å²) in [7, 11) is 0. The molecule has 0 fully saturated rings. The van der Waals surface area contributed by atoms with Crippen molar-refractivity contribution in [1.82, 2.24) is 10.2 Å². The highest BCUT2D eigenvalue weighted by Gasteiger charge is 2.15. The fourth-order valence-corrected chi connectivity index (χ4v) is 2.07. The van der Waals surface area contributed by atoms with Gasteiger partial charge in [-0.2, -0.15) is 10.2 Å². The van der Waals surface area contributed by atoms with Gasteiger partial charge in [0.2, 0.25) is 0 Å². The first-order valence-electron chi connectivity index (χ1n) is 5.80. The number of benzene rings is 1. The lowest BCUT2D eigenvalue weighted by atomic mass is 10.0. The Labute approximate surface area is 99.6 Å². The fraction of sp³-hybridized carbons (Fsp3) is 0.385. The van der Waals surface area contributed by atoms with Gasteiger partial charge in [0.25, 0.3) is 0 Å². The molecule has 4 heteroatoms. The highest BCUT2D eigenvalue weighted by Crippen LogP contribution is 2.36. The standard InChI is InChI=1S/C13H14N2O2/c1-8(2)10-7-14-15-11-6-13-12(5-9(10)11)16-3-4-17-13/h5-8H,3-4H2,1-2H3. The van der Waals surface area contributed by atoms with Crippen molar-refractivity contribution in [2.75, 3.05) is 13.2 Å². The maximum Gasteiger partial charge on any atom is 0.163 e. The van der Waals surface area contributed by atoms with Crippen LogP contribution in [0.15, 0.2) is 18.3 Å². The minimum Gasteiger partial charge on any atom is -0.486 e. The molecule has 0 saturated heterocycles. The average Bonchev–Trinajstić information content (AvgIpc) is 2.35. The summed E-state index contributed by atoms with van der Waals surface area (Å²) in [5, 5.41) is 9.28. The molecule has 1 aromatic carbocycles. The van der Waals surface area contributed by atoms with E-state index in [0.717, 1.165) is 22.4 Å². The van der Waals surface area contributed by atoms with E-state index in [4.69, 9.17) is 9.47 Å². The zero-order valence-corrected chi connectivity index (χ0v) is 9.93. The number of fused-ring (bicyclic) bond motifs is 2. The second-order valence-electron chi connectivity index (χ2n) is 4.47. The molecule has 1 aliphatic rings. The zero-order chi connectivity index (χ0) is 11.8. The Morgan fingerprint density at radius 3 is 2.53 bits per heavy atom. The highest BCUT2D eigenvalue weighted by molar-refractivity contribution is 5.85. The summed E-state index contributed by atoms with van der Waals surface area (Å²) >= 11 is 0. The van der Waals surface area contributed by atoms with Crippen LogP contribution in [-0.4, -0.2) is 23.4 Å².